The number of non-ortho nitro benzene ring substituents is 1. The highest BCUT2D eigenvalue weighted by molar-refractivity contribution is 5.85. The Hall–Kier alpha value is -1.13. The van der Waals surface area contributed by atoms with E-state index in [0.29, 0.717) is 5.92 Å². The van der Waals surface area contributed by atoms with Gasteiger partial charge in [-0.1, -0.05) is 32.3 Å². The number of benzene rings is 1. The van der Waals surface area contributed by atoms with Crippen LogP contribution in [0.25, 0.3) is 0 Å². The zero-order chi connectivity index (χ0) is 14.2. The number of nitro groups is 1. The van der Waals surface area contributed by atoms with Gasteiger partial charge in [0.1, 0.15) is 0 Å². The molecule has 3 rings (SSSR count). The van der Waals surface area contributed by atoms with E-state index in [2.05, 4.69) is 12.2 Å². The average molecular weight is 311 g/mol. The van der Waals surface area contributed by atoms with E-state index in [0.717, 1.165) is 18.5 Å². The van der Waals surface area contributed by atoms with Crippen molar-refractivity contribution in [3.63, 3.8) is 0 Å². The number of fused-ring (bicyclic) bond motifs is 1. The summed E-state index contributed by atoms with van der Waals surface area (Å²) in [7, 11) is 0. The largest absolute Gasteiger partial charge is 0.307 e. The maximum Gasteiger partial charge on any atom is 0.269 e. The fourth-order valence-corrected chi connectivity index (χ4v) is 4.00. The lowest BCUT2D eigenvalue weighted by atomic mass is 9.75. The molecule has 0 radical (unpaired) electrons. The average Bonchev–Trinajstić information content (AvgIpc) is 2.57. The second-order valence-corrected chi connectivity index (χ2v) is 6.44. The lowest BCUT2D eigenvalue weighted by Gasteiger charge is -2.38. The molecule has 5 heteroatoms. The van der Waals surface area contributed by atoms with Gasteiger partial charge in [-0.25, -0.2) is 0 Å². The Labute approximate surface area is 131 Å². The van der Waals surface area contributed by atoms with E-state index in [9.17, 15) is 10.1 Å². The summed E-state index contributed by atoms with van der Waals surface area (Å²) in [6.45, 7) is 3.02. The Morgan fingerprint density at radius 3 is 2.67 bits per heavy atom. The molecule has 1 fully saturated rings. The van der Waals surface area contributed by atoms with Crippen LogP contribution in [0.5, 0.6) is 0 Å². The molecule has 1 aromatic rings. The smallest absolute Gasteiger partial charge is 0.269 e. The molecular weight excluding hydrogens is 288 g/mol. The maximum atomic E-state index is 10.9. The molecule has 0 aromatic heterocycles. The second-order valence-electron chi connectivity index (χ2n) is 6.44. The lowest BCUT2D eigenvalue weighted by Crippen LogP contribution is -2.45. The van der Waals surface area contributed by atoms with E-state index >= 15 is 0 Å². The molecule has 0 saturated heterocycles. The van der Waals surface area contributed by atoms with Crippen molar-refractivity contribution in [2.45, 2.75) is 63.5 Å². The molecule has 1 aromatic carbocycles. The fourth-order valence-electron chi connectivity index (χ4n) is 4.00. The zero-order valence-corrected chi connectivity index (χ0v) is 13.2. The molecule has 0 bridgehead atoms. The molecule has 1 heterocycles. The van der Waals surface area contributed by atoms with Crippen molar-refractivity contribution in [3.8, 4) is 0 Å². The number of nitro benzene ring substituents is 1. The summed E-state index contributed by atoms with van der Waals surface area (Å²) in [5, 5.41) is 14.7. The van der Waals surface area contributed by atoms with E-state index in [-0.39, 0.29) is 28.6 Å². The van der Waals surface area contributed by atoms with E-state index < -0.39 is 0 Å². The molecular formula is C16H23ClN2O2. The van der Waals surface area contributed by atoms with Crippen molar-refractivity contribution in [3.05, 3.63) is 39.4 Å². The number of nitrogens with zero attached hydrogens (tertiary/aromatic N) is 1. The quantitative estimate of drug-likeness (QED) is 0.621. The van der Waals surface area contributed by atoms with Gasteiger partial charge in [0, 0.05) is 24.2 Å². The van der Waals surface area contributed by atoms with Gasteiger partial charge in [-0.2, -0.15) is 0 Å². The van der Waals surface area contributed by atoms with Crippen LogP contribution in [0.2, 0.25) is 0 Å². The van der Waals surface area contributed by atoms with Crippen LogP contribution in [0, 0.1) is 10.1 Å². The Bertz CT molecular complexity index is 527. The topological polar surface area (TPSA) is 55.2 Å². The van der Waals surface area contributed by atoms with Crippen LogP contribution >= 0.6 is 12.4 Å². The van der Waals surface area contributed by atoms with Crippen molar-refractivity contribution >= 4 is 18.1 Å². The highest BCUT2D eigenvalue weighted by Crippen LogP contribution is 2.40. The molecule has 1 aliphatic heterocycles. The van der Waals surface area contributed by atoms with Gasteiger partial charge < -0.3 is 5.32 Å². The first kappa shape index (κ1) is 16.2. The third-order valence-corrected chi connectivity index (χ3v) is 5.03. The summed E-state index contributed by atoms with van der Waals surface area (Å²) >= 11 is 0. The molecule has 4 nitrogen and oxygen atoms in total. The molecule has 1 unspecified atom stereocenters. The van der Waals surface area contributed by atoms with Crippen LogP contribution in [0.3, 0.4) is 0 Å². The summed E-state index contributed by atoms with van der Waals surface area (Å²) in [6.07, 6.45) is 7.58. The van der Waals surface area contributed by atoms with Crippen molar-refractivity contribution in [2.24, 2.45) is 0 Å². The molecule has 0 amide bonds. The second kappa shape index (κ2) is 6.32. The molecule has 2 aliphatic rings. The van der Waals surface area contributed by atoms with Crippen molar-refractivity contribution in [2.75, 3.05) is 0 Å². The van der Waals surface area contributed by atoms with Crippen LogP contribution in [0.1, 0.15) is 62.5 Å². The summed E-state index contributed by atoms with van der Waals surface area (Å²) in [6, 6.07) is 5.36. The predicted octanol–water partition coefficient (Wildman–Crippen LogP) is 4.32. The van der Waals surface area contributed by atoms with Crippen LogP contribution < -0.4 is 5.32 Å². The first-order chi connectivity index (χ1) is 9.60. The van der Waals surface area contributed by atoms with Crippen molar-refractivity contribution in [1.29, 1.82) is 0 Å². The summed E-state index contributed by atoms with van der Waals surface area (Å²) in [5.74, 6) is 0.471. The van der Waals surface area contributed by atoms with Gasteiger partial charge in [-0.15, -0.1) is 12.4 Å². The molecule has 1 spiro atoms. The third kappa shape index (κ3) is 3.22. The number of hydrogen-bond acceptors (Lipinski definition) is 3. The molecule has 1 atom stereocenters. The molecule has 1 N–H and O–H groups in total. The molecule has 1 saturated carbocycles. The van der Waals surface area contributed by atoms with Gasteiger partial charge in [0.05, 0.1) is 4.92 Å². The summed E-state index contributed by atoms with van der Waals surface area (Å²) in [4.78, 5) is 10.6. The lowest BCUT2D eigenvalue weighted by molar-refractivity contribution is -0.384. The van der Waals surface area contributed by atoms with Crippen LogP contribution in [-0.2, 0) is 6.54 Å². The van der Waals surface area contributed by atoms with Crippen LogP contribution in [0.15, 0.2) is 18.2 Å². The van der Waals surface area contributed by atoms with Gasteiger partial charge in [-0.3, -0.25) is 10.1 Å². The Kier molecular flexibility index (Phi) is 4.89. The van der Waals surface area contributed by atoms with E-state index in [1.165, 1.54) is 37.7 Å². The minimum atomic E-state index is -0.299. The Balaban J connectivity index is 0.00000161. The minimum absolute atomic E-state index is 0. The molecule has 1 aliphatic carbocycles. The summed E-state index contributed by atoms with van der Waals surface area (Å²) < 4.78 is 0. The minimum Gasteiger partial charge on any atom is -0.307 e. The number of halogens is 1. The highest BCUT2D eigenvalue weighted by atomic mass is 35.5. The van der Waals surface area contributed by atoms with Crippen LogP contribution in [0.4, 0.5) is 5.69 Å². The fraction of sp³-hybridized carbons (Fsp3) is 0.625. The van der Waals surface area contributed by atoms with Gasteiger partial charge in [-0.05, 0) is 36.3 Å². The SMILES string of the molecule is CC1CC2(CCCCC2)NCc2cc([N+](=O)[O-])ccc21.Cl. The van der Waals surface area contributed by atoms with Crippen molar-refractivity contribution < 1.29 is 4.92 Å². The number of nitrogens with one attached hydrogen (secondary N) is 1. The van der Waals surface area contributed by atoms with Gasteiger partial charge in [0.2, 0.25) is 0 Å². The highest BCUT2D eigenvalue weighted by Gasteiger charge is 2.36. The van der Waals surface area contributed by atoms with Gasteiger partial charge >= 0.3 is 0 Å². The third-order valence-electron chi connectivity index (χ3n) is 5.03. The maximum absolute atomic E-state index is 10.9. The van der Waals surface area contributed by atoms with Crippen LogP contribution in [-0.4, -0.2) is 10.5 Å². The first-order valence-electron chi connectivity index (χ1n) is 7.62. The van der Waals surface area contributed by atoms with Gasteiger partial charge in [0.15, 0.2) is 0 Å². The normalized spacial score (nSPS) is 23.8. The van der Waals surface area contributed by atoms with E-state index in [1.807, 2.05) is 6.07 Å². The number of hydrogen-bond donors (Lipinski definition) is 1. The van der Waals surface area contributed by atoms with Gasteiger partial charge in [0.25, 0.3) is 5.69 Å². The van der Waals surface area contributed by atoms with E-state index in [4.69, 9.17) is 0 Å². The Morgan fingerprint density at radius 2 is 2.00 bits per heavy atom. The first-order valence-corrected chi connectivity index (χ1v) is 7.62. The molecule has 21 heavy (non-hydrogen) atoms. The molecule has 116 valence electrons. The standard InChI is InChI=1S/C16H22N2O2.ClH/c1-12-10-16(7-3-2-4-8-16)17-11-13-9-14(18(19)20)5-6-15(12)13;/h5-6,9,12,17H,2-4,7-8,10-11H2,1H3;1H. The van der Waals surface area contributed by atoms with Crippen molar-refractivity contribution in [1.82, 2.24) is 5.32 Å². The monoisotopic (exact) mass is 310 g/mol. The Morgan fingerprint density at radius 1 is 1.29 bits per heavy atom. The zero-order valence-electron chi connectivity index (χ0n) is 12.4. The number of rotatable bonds is 1. The summed E-state index contributed by atoms with van der Waals surface area (Å²) in [5.41, 5.74) is 2.85. The van der Waals surface area contributed by atoms with E-state index in [1.54, 1.807) is 12.1 Å². The predicted molar refractivity (Wildman–Crippen MR) is 86.0 cm³/mol.